The zero-order valence-electron chi connectivity index (χ0n) is 17.6. The van der Waals surface area contributed by atoms with E-state index in [2.05, 4.69) is 36.8 Å². The molecule has 0 bridgehead atoms. The predicted octanol–water partition coefficient (Wildman–Crippen LogP) is 4.59. The summed E-state index contributed by atoms with van der Waals surface area (Å²) in [6.45, 7) is 6.53. The first-order valence-electron chi connectivity index (χ1n) is 9.83. The Kier molecular flexibility index (Phi) is 7.86. The molecule has 2 N–H and O–H groups in total. The smallest absolute Gasteiger partial charge is 0.234 e. The second-order valence-electron chi connectivity index (χ2n) is 7.03. The van der Waals surface area contributed by atoms with Crippen molar-refractivity contribution in [2.24, 2.45) is 0 Å². The number of halogens is 1. The first-order valence-corrected chi connectivity index (χ1v) is 11.6. The summed E-state index contributed by atoms with van der Waals surface area (Å²) in [6.07, 6.45) is 0.111. The summed E-state index contributed by atoms with van der Waals surface area (Å²) in [5.41, 5.74) is 3.67. The molecule has 0 spiro atoms. The van der Waals surface area contributed by atoms with Gasteiger partial charge in [0.25, 0.3) is 0 Å². The van der Waals surface area contributed by atoms with Gasteiger partial charge < -0.3 is 15.2 Å². The number of nitrogens with one attached hydrogen (secondary N) is 2. The van der Waals surface area contributed by atoms with E-state index in [-0.39, 0.29) is 24.0 Å². The van der Waals surface area contributed by atoms with Gasteiger partial charge in [-0.05, 0) is 56.7 Å². The first-order chi connectivity index (χ1) is 14.9. The summed E-state index contributed by atoms with van der Waals surface area (Å²) >= 11 is 4.75. The molecule has 0 saturated heterocycles. The third-order valence-electron chi connectivity index (χ3n) is 4.54. The van der Waals surface area contributed by atoms with Gasteiger partial charge >= 0.3 is 0 Å². The maximum absolute atomic E-state index is 12.4. The third kappa shape index (κ3) is 6.41. The van der Waals surface area contributed by atoms with Crippen LogP contribution in [0, 0.1) is 13.8 Å². The van der Waals surface area contributed by atoms with Crippen LogP contribution in [0.4, 0.5) is 11.4 Å². The maximum Gasteiger partial charge on any atom is 0.234 e. The molecule has 0 aliphatic heterocycles. The minimum atomic E-state index is -0.161. The molecule has 3 rings (SSSR count). The highest BCUT2D eigenvalue weighted by Gasteiger charge is 2.16. The van der Waals surface area contributed by atoms with Crippen LogP contribution < -0.4 is 10.6 Å². The van der Waals surface area contributed by atoms with Crippen molar-refractivity contribution in [2.45, 2.75) is 38.9 Å². The molecule has 9 heteroatoms. The van der Waals surface area contributed by atoms with Crippen molar-refractivity contribution >= 4 is 50.9 Å². The molecule has 0 aliphatic rings. The van der Waals surface area contributed by atoms with Crippen LogP contribution in [0.1, 0.15) is 23.9 Å². The average molecular weight is 502 g/mol. The van der Waals surface area contributed by atoms with Crippen molar-refractivity contribution in [2.75, 3.05) is 16.4 Å². The molecular weight excluding hydrogens is 478 g/mol. The van der Waals surface area contributed by atoms with Gasteiger partial charge in [0.15, 0.2) is 5.16 Å². The number of rotatable bonds is 8. The molecule has 0 atom stereocenters. The normalized spacial score (nSPS) is 10.7. The Morgan fingerprint density at radius 2 is 1.68 bits per heavy atom. The van der Waals surface area contributed by atoms with Gasteiger partial charge in [0, 0.05) is 22.4 Å². The lowest BCUT2D eigenvalue weighted by Crippen LogP contribution is -2.18. The monoisotopic (exact) mass is 501 g/mol. The molecular formula is C22H24BrN5O2S. The van der Waals surface area contributed by atoms with E-state index in [1.54, 1.807) is 0 Å². The predicted molar refractivity (Wildman–Crippen MR) is 127 cm³/mol. The van der Waals surface area contributed by atoms with Crippen molar-refractivity contribution < 1.29 is 9.59 Å². The minimum absolute atomic E-state index is 0.111. The molecule has 0 unspecified atom stereocenters. The van der Waals surface area contributed by atoms with Gasteiger partial charge in [-0.1, -0.05) is 45.4 Å². The SMILES string of the molecule is CCn1c(CC(=O)Nc2ccc(C)cc2)nnc1SCC(=O)Nc1ccc(Br)c(C)c1. The summed E-state index contributed by atoms with van der Waals surface area (Å²) in [5.74, 6) is 0.475. The zero-order valence-corrected chi connectivity index (χ0v) is 20.0. The third-order valence-corrected chi connectivity index (χ3v) is 6.39. The summed E-state index contributed by atoms with van der Waals surface area (Å²) < 4.78 is 2.85. The second kappa shape index (κ2) is 10.6. The maximum atomic E-state index is 12.4. The zero-order chi connectivity index (χ0) is 22.4. The largest absolute Gasteiger partial charge is 0.326 e. The number of nitrogens with zero attached hydrogens (tertiary/aromatic N) is 3. The van der Waals surface area contributed by atoms with E-state index >= 15 is 0 Å². The number of carbonyl (C=O) groups is 2. The van der Waals surface area contributed by atoms with E-state index in [0.29, 0.717) is 17.5 Å². The number of anilines is 2. The Morgan fingerprint density at radius 1 is 1.00 bits per heavy atom. The second-order valence-corrected chi connectivity index (χ2v) is 8.83. The minimum Gasteiger partial charge on any atom is -0.326 e. The number of carbonyl (C=O) groups excluding carboxylic acids is 2. The van der Waals surface area contributed by atoms with Crippen LogP contribution in [0.15, 0.2) is 52.1 Å². The number of thioether (sulfide) groups is 1. The number of hydrogen-bond donors (Lipinski definition) is 2. The molecule has 2 amide bonds. The van der Waals surface area contributed by atoms with Crippen molar-refractivity contribution in [3.8, 4) is 0 Å². The van der Waals surface area contributed by atoms with Crippen LogP contribution in [0.2, 0.25) is 0 Å². The fourth-order valence-electron chi connectivity index (χ4n) is 2.91. The molecule has 0 fully saturated rings. The highest BCUT2D eigenvalue weighted by atomic mass is 79.9. The van der Waals surface area contributed by atoms with Crippen molar-refractivity contribution in [3.63, 3.8) is 0 Å². The average Bonchev–Trinajstić information content (AvgIpc) is 3.12. The Labute approximate surface area is 194 Å². The molecule has 31 heavy (non-hydrogen) atoms. The molecule has 162 valence electrons. The fourth-order valence-corrected chi connectivity index (χ4v) is 3.98. The lowest BCUT2D eigenvalue weighted by molar-refractivity contribution is -0.116. The van der Waals surface area contributed by atoms with Gasteiger partial charge in [-0.2, -0.15) is 0 Å². The van der Waals surface area contributed by atoms with Crippen molar-refractivity contribution in [1.82, 2.24) is 14.8 Å². The van der Waals surface area contributed by atoms with Gasteiger partial charge in [-0.3, -0.25) is 9.59 Å². The molecule has 0 saturated carbocycles. The summed E-state index contributed by atoms with van der Waals surface area (Å²) in [5, 5.41) is 14.7. The van der Waals surface area contributed by atoms with Crippen LogP contribution in [0.25, 0.3) is 0 Å². The molecule has 2 aromatic carbocycles. The van der Waals surface area contributed by atoms with E-state index in [0.717, 1.165) is 27.0 Å². The van der Waals surface area contributed by atoms with Crippen LogP contribution in [0.5, 0.6) is 0 Å². The number of aromatic nitrogens is 3. The van der Waals surface area contributed by atoms with Gasteiger partial charge in [0.2, 0.25) is 11.8 Å². The number of aryl methyl sites for hydroxylation is 2. The van der Waals surface area contributed by atoms with Gasteiger partial charge in [0.1, 0.15) is 5.82 Å². The van der Waals surface area contributed by atoms with E-state index in [1.165, 1.54) is 11.8 Å². The molecule has 7 nitrogen and oxygen atoms in total. The number of hydrogen-bond acceptors (Lipinski definition) is 5. The lowest BCUT2D eigenvalue weighted by Gasteiger charge is -2.09. The Balaban J connectivity index is 1.57. The summed E-state index contributed by atoms with van der Waals surface area (Å²) in [6, 6.07) is 13.3. The topological polar surface area (TPSA) is 88.9 Å². The molecule has 3 aromatic rings. The van der Waals surface area contributed by atoms with Crippen molar-refractivity contribution in [1.29, 1.82) is 0 Å². The van der Waals surface area contributed by atoms with E-state index in [9.17, 15) is 9.59 Å². The standard InChI is InChI=1S/C22H24BrN5O2S/c1-4-28-19(12-20(29)24-16-7-5-14(2)6-8-16)26-27-22(28)31-13-21(30)25-17-9-10-18(23)15(3)11-17/h5-11H,4,12-13H2,1-3H3,(H,24,29)(H,25,30). The van der Waals surface area contributed by atoms with Gasteiger partial charge in [-0.15, -0.1) is 10.2 Å². The van der Waals surface area contributed by atoms with Gasteiger partial charge in [-0.25, -0.2) is 0 Å². The summed E-state index contributed by atoms with van der Waals surface area (Å²) in [7, 11) is 0. The Hall–Kier alpha value is -2.65. The number of amides is 2. The van der Waals surface area contributed by atoms with Crippen LogP contribution in [0.3, 0.4) is 0 Å². The quantitative estimate of drug-likeness (QED) is 0.440. The molecule has 1 heterocycles. The number of benzene rings is 2. The fraction of sp³-hybridized carbons (Fsp3) is 0.273. The lowest BCUT2D eigenvalue weighted by atomic mass is 10.2. The first kappa shape index (κ1) is 23.0. The highest BCUT2D eigenvalue weighted by Crippen LogP contribution is 2.21. The molecule has 1 aromatic heterocycles. The van der Waals surface area contributed by atoms with Crippen LogP contribution in [-0.4, -0.2) is 32.3 Å². The van der Waals surface area contributed by atoms with E-state index in [1.807, 2.05) is 67.8 Å². The molecule has 0 aliphatic carbocycles. The van der Waals surface area contributed by atoms with E-state index in [4.69, 9.17) is 0 Å². The van der Waals surface area contributed by atoms with E-state index < -0.39 is 0 Å². The van der Waals surface area contributed by atoms with Crippen LogP contribution >= 0.6 is 27.7 Å². The van der Waals surface area contributed by atoms with Crippen molar-refractivity contribution in [3.05, 3.63) is 63.9 Å². The summed E-state index contributed by atoms with van der Waals surface area (Å²) in [4.78, 5) is 24.7. The molecule has 0 radical (unpaired) electrons. The van der Waals surface area contributed by atoms with Crippen LogP contribution in [-0.2, 0) is 22.6 Å². The Morgan fingerprint density at radius 3 is 2.35 bits per heavy atom. The van der Waals surface area contributed by atoms with Gasteiger partial charge in [0.05, 0.1) is 12.2 Å². The highest BCUT2D eigenvalue weighted by molar-refractivity contribution is 9.10. The Bertz CT molecular complexity index is 1080.